The normalized spacial score (nSPS) is 15.9. The molecule has 35 heavy (non-hydrogen) atoms. The molecule has 0 amide bonds. The van der Waals surface area contributed by atoms with E-state index >= 15 is 0 Å². The van der Waals surface area contributed by atoms with E-state index < -0.39 is 21.9 Å². The number of nitrogens with zero attached hydrogens (tertiary/aromatic N) is 5. The van der Waals surface area contributed by atoms with Gasteiger partial charge in [0.1, 0.15) is 11.6 Å². The molecule has 0 spiro atoms. The number of likely N-dealkylation sites (N-methyl/N-ethyl adjacent to an activating group) is 1. The minimum Gasteiger partial charge on any atom is -0.424 e. The van der Waals surface area contributed by atoms with Crippen molar-refractivity contribution in [3.8, 4) is 11.8 Å². The van der Waals surface area contributed by atoms with Crippen LogP contribution in [0.4, 0.5) is 10.1 Å². The fourth-order valence-corrected chi connectivity index (χ4v) is 5.21. The van der Waals surface area contributed by atoms with Crippen LogP contribution in [0.3, 0.4) is 0 Å². The van der Waals surface area contributed by atoms with Crippen LogP contribution in [-0.4, -0.2) is 61.3 Å². The van der Waals surface area contributed by atoms with Gasteiger partial charge in [0.25, 0.3) is 0 Å². The Morgan fingerprint density at radius 1 is 1.11 bits per heavy atom. The van der Waals surface area contributed by atoms with Gasteiger partial charge in [-0.1, -0.05) is 17.2 Å². The van der Waals surface area contributed by atoms with Crippen molar-refractivity contribution < 1.29 is 17.5 Å². The number of anilines is 1. The van der Waals surface area contributed by atoms with Crippen molar-refractivity contribution in [2.45, 2.75) is 38.3 Å². The van der Waals surface area contributed by atoms with Gasteiger partial charge in [-0.25, -0.2) is 17.5 Å². The summed E-state index contributed by atoms with van der Waals surface area (Å²) < 4.78 is 49.9. The maximum Gasteiger partial charge on any atom is 0.322 e. The maximum absolute atomic E-state index is 13.9. The van der Waals surface area contributed by atoms with Gasteiger partial charge in [0.2, 0.25) is 10.0 Å². The van der Waals surface area contributed by atoms with Gasteiger partial charge in [0, 0.05) is 44.5 Å². The van der Waals surface area contributed by atoms with Crippen molar-refractivity contribution in [1.29, 1.82) is 0 Å². The van der Waals surface area contributed by atoms with Crippen LogP contribution in [0.1, 0.15) is 31.3 Å². The average Bonchev–Trinajstić information content (AvgIpc) is 3.23. The highest BCUT2D eigenvalue weighted by molar-refractivity contribution is 7.89. The lowest BCUT2D eigenvalue weighted by atomic mass is 10.2. The number of rotatable bonds is 8. The molecule has 4 rings (SSSR count). The molecule has 3 aromatic rings. The minimum atomic E-state index is -3.96. The number of hydrogen-bond acceptors (Lipinski definition) is 7. The van der Waals surface area contributed by atoms with Crippen molar-refractivity contribution in [2.24, 2.45) is 0 Å². The Hall–Kier alpha value is -3.02. The Labute approximate surface area is 205 Å². The summed E-state index contributed by atoms with van der Waals surface area (Å²) in [4.78, 5) is 4.47. The van der Waals surface area contributed by atoms with E-state index in [0.717, 1.165) is 37.9 Å². The van der Waals surface area contributed by atoms with Gasteiger partial charge in [-0.2, -0.15) is 0 Å². The zero-order valence-corrected chi connectivity index (χ0v) is 21.2. The minimum absolute atomic E-state index is 0.146. The fourth-order valence-electron chi connectivity index (χ4n) is 4.00. The van der Waals surface area contributed by atoms with Crippen LogP contribution in [0, 0.1) is 12.7 Å². The molecule has 1 N–H and O–H groups in total. The smallest absolute Gasteiger partial charge is 0.322 e. The summed E-state index contributed by atoms with van der Waals surface area (Å²) in [6, 6.07) is 11.2. The first-order chi connectivity index (χ1) is 16.7. The molecule has 2 aromatic carbocycles. The van der Waals surface area contributed by atoms with Gasteiger partial charge in [0.05, 0.1) is 10.9 Å². The van der Waals surface area contributed by atoms with E-state index in [0.29, 0.717) is 23.7 Å². The predicted molar refractivity (Wildman–Crippen MR) is 132 cm³/mol. The molecular weight excluding hydrogens is 471 g/mol. The highest BCUT2D eigenvalue weighted by Crippen LogP contribution is 2.28. The Morgan fingerprint density at radius 2 is 1.86 bits per heavy atom. The highest BCUT2D eigenvalue weighted by atomic mass is 32.2. The second-order valence-corrected chi connectivity index (χ2v) is 10.4. The Morgan fingerprint density at radius 3 is 2.54 bits per heavy atom. The Balaban J connectivity index is 1.51. The molecule has 1 aliphatic heterocycles. The van der Waals surface area contributed by atoms with E-state index in [1.807, 2.05) is 25.1 Å². The van der Waals surface area contributed by atoms with Crippen LogP contribution in [0.5, 0.6) is 11.8 Å². The monoisotopic (exact) mass is 502 g/mol. The van der Waals surface area contributed by atoms with Crippen LogP contribution in [0.25, 0.3) is 0 Å². The molecule has 2 heterocycles. The molecule has 11 heteroatoms. The number of halogens is 1. The van der Waals surface area contributed by atoms with Crippen molar-refractivity contribution in [1.82, 2.24) is 24.4 Å². The number of nitrogens with one attached hydrogen (secondary N) is 1. The molecule has 188 valence electrons. The number of hydrogen-bond donors (Lipinski definition) is 1. The molecule has 0 aliphatic carbocycles. The van der Waals surface area contributed by atoms with E-state index in [9.17, 15) is 12.8 Å². The molecule has 9 nitrogen and oxygen atoms in total. The van der Waals surface area contributed by atoms with Gasteiger partial charge < -0.3 is 14.5 Å². The number of ether oxygens (including phenoxy) is 1. The topological polar surface area (TPSA) is 92.6 Å². The van der Waals surface area contributed by atoms with Crippen molar-refractivity contribution in [2.75, 3.05) is 38.1 Å². The Kier molecular flexibility index (Phi) is 7.39. The van der Waals surface area contributed by atoms with Crippen molar-refractivity contribution in [3.63, 3.8) is 0 Å². The van der Waals surface area contributed by atoms with E-state index in [2.05, 4.69) is 37.8 Å². The highest BCUT2D eigenvalue weighted by Gasteiger charge is 2.25. The van der Waals surface area contributed by atoms with E-state index in [-0.39, 0.29) is 10.9 Å². The number of benzene rings is 2. The van der Waals surface area contributed by atoms with Gasteiger partial charge in [0.15, 0.2) is 5.82 Å². The van der Waals surface area contributed by atoms with Gasteiger partial charge in [-0.15, -0.1) is 5.10 Å². The van der Waals surface area contributed by atoms with Crippen LogP contribution in [0.2, 0.25) is 0 Å². The number of sulfonamides is 1. The third-order valence-corrected chi connectivity index (χ3v) is 7.67. The summed E-state index contributed by atoms with van der Waals surface area (Å²) in [5, 5.41) is 8.34. The third kappa shape index (κ3) is 5.63. The predicted octanol–water partition coefficient (Wildman–Crippen LogP) is 3.33. The first-order valence-electron chi connectivity index (χ1n) is 11.6. The molecule has 0 radical (unpaired) electrons. The van der Waals surface area contributed by atoms with Crippen molar-refractivity contribution in [3.05, 3.63) is 59.7 Å². The second-order valence-electron chi connectivity index (χ2n) is 8.73. The maximum atomic E-state index is 13.9. The second kappa shape index (κ2) is 10.3. The zero-order valence-electron chi connectivity index (χ0n) is 20.4. The molecule has 1 saturated heterocycles. The lowest BCUT2D eigenvalue weighted by molar-refractivity contribution is 0.312. The third-order valence-electron chi connectivity index (χ3n) is 6.13. The van der Waals surface area contributed by atoms with Crippen LogP contribution < -0.4 is 14.4 Å². The first kappa shape index (κ1) is 25.1. The molecule has 0 bridgehead atoms. The number of aryl methyl sites for hydroxylation is 1. The summed E-state index contributed by atoms with van der Waals surface area (Å²) in [5.74, 6) is 0.444. The SMILES string of the molecule is CCn1c(Oc2cccc(N3CCN(C)CC3)c2)nnc1[C@@H](C)NS(=O)(=O)c1ccc(C)c(F)c1. The fraction of sp³-hybridized carbons (Fsp3) is 0.417. The quantitative estimate of drug-likeness (QED) is 0.505. The zero-order chi connectivity index (χ0) is 25.2. The van der Waals surface area contributed by atoms with Crippen LogP contribution in [0.15, 0.2) is 47.4 Å². The largest absolute Gasteiger partial charge is 0.424 e. The number of aromatic nitrogens is 3. The average molecular weight is 503 g/mol. The molecule has 1 aromatic heterocycles. The standard InChI is InChI=1S/C24H31FN6O3S/c1-5-31-23(18(3)28-35(32,33)21-10-9-17(2)22(25)16-21)26-27-24(31)34-20-8-6-7-19(15-20)30-13-11-29(4)12-14-30/h6-10,15-16,18,28H,5,11-14H2,1-4H3/t18-/m1/s1. The molecule has 1 fully saturated rings. The summed E-state index contributed by atoms with van der Waals surface area (Å²) in [5.41, 5.74) is 1.45. The van der Waals surface area contributed by atoms with E-state index in [4.69, 9.17) is 4.74 Å². The molecule has 0 unspecified atom stereocenters. The van der Waals surface area contributed by atoms with Gasteiger partial charge in [-0.3, -0.25) is 4.57 Å². The summed E-state index contributed by atoms with van der Waals surface area (Å²) in [7, 11) is -1.85. The van der Waals surface area contributed by atoms with Crippen LogP contribution >= 0.6 is 0 Å². The van der Waals surface area contributed by atoms with E-state index in [1.54, 1.807) is 18.4 Å². The molecular formula is C24H31FN6O3S. The van der Waals surface area contributed by atoms with E-state index in [1.165, 1.54) is 12.1 Å². The lowest BCUT2D eigenvalue weighted by Gasteiger charge is -2.34. The number of piperazine rings is 1. The molecule has 1 aliphatic rings. The Bertz CT molecular complexity index is 1290. The summed E-state index contributed by atoms with van der Waals surface area (Å²) in [6.07, 6.45) is 0. The molecule has 0 saturated carbocycles. The lowest BCUT2D eigenvalue weighted by Crippen LogP contribution is -2.44. The first-order valence-corrected chi connectivity index (χ1v) is 13.1. The summed E-state index contributed by atoms with van der Waals surface area (Å²) in [6.45, 7) is 9.50. The van der Waals surface area contributed by atoms with Crippen molar-refractivity contribution >= 4 is 15.7 Å². The van der Waals surface area contributed by atoms with Gasteiger partial charge in [-0.05, 0) is 57.6 Å². The molecule has 1 atom stereocenters. The van der Waals surface area contributed by atoms with Gasteiger partial charge >= 0.3 is 6.01 Å². The van der Waals surface area contributed by atoms with Crippen LogP contribution in [-0.2, 0) is 16.6 Å². The summed E-state index contributed by atoms with van der Waals surface area (Å²) >= 11 is 0.